The molecule has 0 fully saturated rings. The van der Waals surface area contributed by atoms with Crippen molar-refractivity contribution in [3.63, 3.8) is 0 Å². The highest BCUT2D eigenvalue weighted by Crippen LogP contribution is 2.37. The summed E-state index contributed by atoms with van der Waals surface area (Å²) in [7, 11) is 0. The molecular weight excluding hydrogens is 337 g/mol. The molecule has 0 unspecified atom stereocenters. The molecule has 0 bridgehead atoms. The van der Waals surface area contributed by atoms with Crippen molar-refractivity contribution in [2.45, 2.75) is 6.18 Å². The monoisotopic (exact) mass is 342 g/mol. The lowest BCUT2D eigenvalue weighted by Gasteiger charge is -2.07. The number of alkyl halides is 3. The number of rotatable bonds is 2. The lowest BCUT2D eigenvalue weighted by Crippen LogP contribution is -2.08. The summed E-state index contributed by atoms with van der Waals surface area (Å²) in [5.74, 6) is 0. The lowest BCUT2D eigenvalue weighted by atomic mass is 10.2. The van der Waals surface area contributed by atoms with Gasteiger partial charge in [0.25, 0.3) is 5.69 Å². The molecule has 10 heteroatoms. The van der Waals surface area contributed by atoms with Crippen LogP contribution in [0.1, 0.15) is 5.69 Å². The Morgan fingerprint density at radius 3 is 2.61 bits per heavy atom. The lowest BCUT2D eigenvalue weighted by molar-refractivity contribution is -0.384. The standard InChI is InChI=1S/C13H6ClF3N4O2/c14-9-6-7(21(22)23)5-8(18-9)11-12(13(15,16)17)19-10-3-1-2-4-20(10)11/h1-6H. The normalized spacial score (nSPS) is 11.8. The number of fused-ring (bicyclic) bond motifs is 1. The smallest absolute Gasteiger partial charge is 0.298 e. The molecule has 0 aliphatic rings. The zero-order valence-electron chi connectivity index (χ0n) is 11.1. The fourth-order valence-electron chi connectivity index (χ4n) is 2.15. The second-order valence-corrected chi connectivity index (χ2v) is 4.91. The second kappa shape index (κ2) is 5.20. The van der Waals surface area contributed by atoms with Crippen LogP contribution in [0.2, 0.25) is 5.15 Å². The summed E-state index contributed by atoms with van der Waals surface area (Å²) in [6.45, 7) is 0. The van der Waals surface area contributed by atoms with Crippen molar-refractivity contribution in [1.29, 1.82) is 0 Å². The van der Waals surface area contributed by atoms with Gasteiger partial charge in [-0.1, -0.05) is 17.7 Å². The zero-order valence-corrected chi connectivity index (χ0v) is 11.8. The summed E-state index contributed by atoms with van der Waals surface area (Å²) < 4.78 is 40.9. The molecule has 0 atom stereocenters. The summed E-state index contributed by atoms with van der Waals surface area (Å²) >= 11 is 5.70. The van der Waals surface area contributed by atoms with E-state index in [1.165, 1.54) is 24.4 Å². The fraction of sp³-hybridized carbons (Fsp3) is 0.0769. The van der Waals surface area contributed by atoms with Crippen LogP contribution in [0, 0.1) is 10.1 Å². The van der Waals surface area contributed by atoms with Gasteiger partial charge in [0.2, 0.25) is 0 Å². The Hall–Kier alpha value is -2.68. The summed E-state index contributed by atoms with van der Waals surface area (Å²) in [5, 5.41) is 10.6. The number of pyridine rings is 2. The molecule has 0 saturated carbocycles. The average molecular weight is 343 g/mol. The summed E-state index contributed by atoms with van der Waals surface area (Å²) in [6, 6.07) is 6.31. The van der Waals surface area contributed by atoms with Crippen LogP contribution in [0.3, 0.4) is 0 Å². The first-order chi connectivity index (χ1) is 10.8. The molecule has 3 rings (SSSR count). The van der Waals surface area contributed by atoms with Crippen molar-refractivity contribution in [3.05, 3.63) is 57.5 Å². The third kappa shape index (κ3) is 2.70. The van der Waals surface area contributed by atoms with Crippen molar-refractivity contribution < 1.29 is 18.1 Å². The van der Waals surface area contributed by atoms with Gasteiger partial charge in [0.15, 0.2) is 5.69 Å². The van der Waals surface area contributed by atoms with Crippen LogP contribution in [-0.4, -0.2) is 19.3 Å². The fourth-order valence-corrected chi connectivity index (χ4v) is 2.35. The van der Waals surface area contributed by atoms with Crippen LogP contribution in [-0.2, 0) is 6.18 Å². The van der Waals surface area contributed by atoms with E-state index >= 15 is 0 Å². The summed E-state index contributed by atoms with van der Waals surface area (Å²) in [4.78, 5) is 17.5. The van der Waals surface area contributed by atoms with Gasteiger partial charge in [-0.05, 0) is 12.1 Å². The van der Waals surface area contributed by atoms with E-state index in [0.29, 0.717) is 0 Å². The largest absolute Gasteiger partial charge is 0.435 e. The molecular formula is C13H6ClF3N4O2. The van der Waals surface area contributed by atoms with Gasteiger partial charge in [-0.3, -0.25) is 14.5 Å². The molecule has 0 amide bonds. The number of halogens is 4. The molecule has 0 aliphatic heterocycles. The molecule has 0 aromatic carbocycles. The predicted molar refractivity (Wildman–Crippen MR) is 75.1 cm³/mol. The Labute approximate surface area is 131 Å². The maximum Gasteiger partial charge on any atom is 0.435 e. The first kappa shape index (κ1) is 15.2. The minimum atomic E-state index is -4.75. The van der Waals surface area contributed by atoms with Gasteiger partial charge >= 0.3 is 6.18 Å². The van der Waals surface area contributed by atoms with Crippen LogP contribution in [0.25, 0.3) is 17.0 Å². The number of hydrogen-bond donors (Lipinski definition) is 0. The van der Waals surface area contributed by atoms with Gasteiger partial charge < -0.3 is 0 Å². The van der Waals surface area contributed by atoms with Crippen molar-refractivity contribution in [3.8, 4) is 11.4 Å². The highest BCUT2D eigenvalue weighted by molar-refractivity contribution is 6.29. The van der Waals surface area contributed by atoms with Crippen molar-refractivity contribution in [1.82, 2.24) is 14.4 Å². The van der Waals surface area contributed by atoms with Gasteiger partial charge in [-0.25, -0.2) is 9.97 Å². The number of hydrogen-bond acceptors (Lipinski definition) is 4. The Bertz CT molecular complexity index is 923. The second-order valence-electron chi connectivity index (χ2n) is 4.53. The van der Waals surface area contributed by atoms with Gasteiger partial charge in [0.1, 0.15) is 16.5 Å². The van der Waals surface area contributed by atoms with Crippen LogP contribution < -0.4 is 0 Å². The topological polar surface area (TPSA) is 73.3 Å². The maximum absolute atomic E-state index is 13.3. The maximum atomic E-state index is 13.3. The van der Waals surface area contributed by atoms with Crippen molar-refractivity contribution >= 4 is 22.9 Å². The summed E-state index contributed by atoms with van der Waals surface area (Å²) in [5.41, 5.74) is -2.29. The SMILES string of the molecule is O=[N+]([O-])c1cc(Cl)nc(-c2c(C(F)(F)F)nc3ccccn23)c1. The average Bonchev–Trinajstić information content (AvgIpc) is 2.86. The first-order valence-corrected chi connectivity index (χ1v) is 6.52. The van der Waals surface area contributed by atoms with E-state index in [0.717, 1.165) is 16.5 Å². The van der Waals surface area contributed by atoms with Crippen LogP contribution in [0.4, 0.5) is 18.9 Å². The van der Waals surface area contributed by atoms with E-state index < -0.39 is 28.2 Å². The van der Waals surface area contributed by atoms with E-state index in [1.54, 1.807) is 0 Å². The molecule has 0 saturated heterocycles. The highest BCUT2D eigenvalue weighted by atomic mass is 35.5. The van der Waals surface area contributed by atoms with Crippen molar-refractivity contribution in [2.75, 3.05) is 0 Å². The number of nitro groups is 1. The molecule has 23 heavy (non-hydrogen) atoms. The van der Waals surface area contributed by atoms with E-state index in [4.69, 9.17) is 11.6 Å². The number of nitrogens with zero attached hydrogens (tertiary/aromatic N) is 4. The Balaban J connectivity index is 2.37. The van der Waals surface area contributed by atoms with E-state index in [9.17, 15) is 23.3 Å². The molecule has 0 spiro atoms. The van der Waals surface area contributed by atoms with Gasteiger partial charge in [-0.15, -0.1) is 0 Å². The Morgan fingerprint density at radius 2 is 1.96 bits per heavy atom. The molecule has 3 aromatic heterocycles. The van der Waals surface area contributed by atoms with E-state index in [-0.39, 0.29) is 16.5 Å². The minimum absolute atomic E-state index is 0.0410. The molecule has 118 valence electrons. The zero-order chi connectivity index (χ0) is 16.8. The molecule has 0 aliphatic carbocycles. The molecule has 0 N–H and O–H groups in total. The van der Waals surface area contributed by atoms with E-state index in [2.05, 4.69) is 9.97 Å². The quantitative estimate of drug-likeness (QED) is 0.401. The molecule has 3 heterocycles. The predicted octanol–water partition coefficient (Wildman–Crippen LogP) is 3.98. The third-order valence-corrected chi connectivity index (χ3v) is 3.22. The van der Waals surface area contributed by atoms with E-state index in [1.807, 2.05) is 0 Å². The van der Waals surface area contributed by atoms with Gasteiger partial charge in [-0.2, -0.15) is 13.2 Å². The van der Waals surface area contributed by atoms with Crippen LogP contribution in [0.5, 0.6) is 0 Å². The number of aromatic nitrogens is 3. The first-order valence-electron chi connectivity index (χ1n) is 6.14. The van der Waals surface area contributed by atoms with Gasteiger partial charge in [0.05, 0.1) is 16.7 Å². The highest BCUT2D eigenvalue weighted by Gasteiger charge is 2.39. The molecule has 3 aromatic rings. The van der Waals surface area contributed by atoms with Crippen LogP contribution in [0.15, 0.2) is 36.5 Å². The summed E-state index contributed by atoms with van der Waals surface area (Å²) in [6.07, 6.45) is -3.39. The Morgan fingerprint density at radius 1 is 1.22 bits per heavy atom. The van der Waals surface area contributed by atoms with Gasteiger partial charge in [0, 0.05) is 12.3 Å². The minimum Gasteiger partial charge on any atom is -0.298 e. The van der Waals surface area contributed by atoms with Crippen molar-refractivity contribution in [2.24, 2.45) is 0 Å². The number of imidazole rings is 1. The third-order valence-electron chi connectivity index (χ3n) is 3.03. The van der Waals surface area contributed by atoms with Crippen LogP contribution >= 0.6 is 11.6 Å². The Kier molecular flexibility index (Phi) is 3.44. The molecule has 6 nitrogen and oxygen atoms in total. The molecule has 0 radical (unpaired) electrons.